The Kier molecular flexibility index (Phi) is 5.33. The maximum absolute atomic E-state index is 12.6. The van der Waals surface area contributed by atoms with E-state index >= 15 is 0 Å². The molecule has 1 aliphatic heterocycles. The molecule has 5 heteroatoms. The average molecular weight is 405 g/mol. The van der Waals surface area contributed by atoms with Crippen LogP contribution in [0.1, 0.15) is 5.56 Å². The van der Waals surface area contributed by atoms with Gasteiger partial charge in [0, 0.05) is 12.1 Å². The SMILES string of the molecule is CN1C(=O)C(=Cc2cccc(-c3ccc(Cl)cc3)c2)SC1=Nc1ccccc1. The summed E-state index contributed by atoms with van der Waals surface area (Å²) in [4.78, 5) is 19.5. The van der Waals surface area contributed by atoms with Crippen LogP contribution in [0.3, 0.4) is 0 Å². The van der Waals surface area contributed by atoms with Crippen LogP contribution in [0.4, 0.5) is 5.69 Å². The van der Waals surface area contributed by atoms with Gasteiger partial charge in [-0.25, -0.2) is 4.99 Å². The van der Waals surface area contributed by atoms with Crippen molar-refractivity contribution < 1.29 is 4.79 Å². The van der Waals surface area contributed by atoms with Gasteiger partial charge in [0.15, 0.2) is 5.17 Å². The molecular weight excluding hydrogens is 388 g/mol. The highest BCUT2D eigenvalue weighted by molar-refractivity contribution is 8.18. The second kappa shape index (κ2) is 8.05. The third kappa shape index (κ3) is 4.03. The van der Waals surface area contributed by atoms with Gasteiger partial charge in [-0.1, -0.05) is 60.1 Å². The van der Waals surface area contributed by atoms with E-state index in [0.29, 0.717) is 15.1 Å². The van der Waals surface area contributed by atoms with Gasteiger partial charge >= 0.3 is 0 Å². The van der Waals surface area contributed by atoms with Crippen molar-refractivity contribution in [3.8, 4) is 11.1 Å². The Labute approximate surface area is 173 Å². The first kappa shape index (κ1) is 18.5. The molecule has 0 saturated carbocycles. The number of hydrogen-bond acceptors (Lipinski definition) is 3. The number of benzene rings is 3. The molecule has 0 aliphatic carbocycles. The van der Waals surface area contributed by atoms with Gasteiger partial charge in [0.25, 0.3) is 5.91 Å². The van der Waals surface area contributed by atoms with Crippen molar-refractivity contribution in [2.24, 2.45) is 4.99 Å². The van der Waals surface area contributed by atoms with E-state index in [1.807, 2.05) is 78.9 Å². The van der Waals surface area contributed by atoms with Crippen LogP contribution in [0.5, 0.6) is 0 Å². The van der Waals surface area contributed by atoms with Crippen molar-refractivity contribution in [1.82, 2.24) is 4.90 Å². The minimum atomic E-state index is -0.0448. The molecule has 3 nitrogen and oxygen atoms in total. The topological polar surface area (TPSA) is 32.7 Å². The number of amides is 1. The summed E-state index contributed by atoms with van der Waals surface area (Å²) in [6.07, 6.45) is 1.91. The molecule has 3 aromatic carbocycles. The molecule has 0 atom stereocenters. The maximum atomic E-state index is 12.6. The van der Waals surface area contributed by atoms with Gasteiger partial charge < -0.3 is 0 Å². The molecule has 1 amide bonds. The molecular formula is C23H17ClN2OS. The van der Waals surface area contributed by atoms with Gasteiger partial charge in [0.05, 0.1) is 10.6 Å². The highest BCUT2D eigenvalue weighted by Gasteiger charge is 2.30. The normalized spacial score (nSPS) is 16.9. The van der Waals surface area contributed by atoms with E-state index in [2.05, 4.69) is 11.1 Å². The Morgan fingerprint density at radius 2 is 1.68 bits per heavy atom. The van der Waals surface area contributed by atoms with Crippen LogP contribution in [0.25, 0.3) is 17.2 Å². The Morgan fingerprint density at radius 1 is 0.929 bits per heavy atom. The molecule has 28 heavy (non-hydrogen) atoms. The number of nitrogens with zero attached hydrogens (tertiary/aromatic N) is 2. The van der Waals surface area contributed by atoms with E-state index in [-0.39, 0.29) is 5.91 Å². The number of amidine groups is 1. The summed E-state index contributed by atoms with van der Waals surface area (Å²) in [6.45, 7) is 0. The van der Waals surface area contributed by atoms with Crippen LogP contribution in [0.15, 0.2) is 88.8 Å². The Bertz CT molecular complexity index is 1080. The summed E-state index contributed by atoms with van der Waals surface area (Å²) < 4.78 is 0. The second-order valence-electron chi connectivity index (χ2n) is 6.34. The van der Waals surface area contributed by atoms with Crippen molar-refractivity contribution in [3.63, 3.8) is 0 Å². The van der Waals surface area contributed by atoms with Crippen molar-refractivity contribution >= 4 is 46.2 Å². The number of halogens is 1. The van der Waals surface area contributed by atoms with Crippen LogP contribution in [-0.2, 0) is 4.79 Å². The first-order valence-corrected chi connectivity index (χ1v) is 9.97. The molecule has 0 radical (unpaired) electrons. The third-order valence-corrected chi connectivity index (χ3v) is 5.66. The molecule has 0 spiro atoms. The largest absolute Gasteiger partial charge is 0.290 e. The van der Waals surface area contributed by atoms with Crippen LogP contribution >= 0.6 is 23.4 Å². The van der Waals surface area contributed by atoms with Crippen molar-refractivity contribution in [2.75, 3.05) is 7.05 Å². The zero-order valence-electron chi connectivity index (χ0n) is 15.2. The Morgan fingerprint density at radius 3 is 2.43 bits per heavy atom. The van der Waals surface area contributed by atoms with Crippen molar-refractivity contribution in [1.29, 1.82) is 0 Å². The summed E-state index contributed by atoms with van der Waals surface area (Å²) in [5.74, 6) is -0.0448. The number of carbonyl (C=O) groups is 1. The first-order chi connectivity index (χ1) is 13.6. The van der Waals surface area contributed by atoms with Gasteiger partial charge in [-0.15, -0.1) is 0 Å². The molecule has 1 heterocycles. The zero-order valence-corrected chi connectivity index (χ0v) is 16.7. The number of para-hydroxylation sites is 1. The summed E-state index contributed by atoms with van der Waals surface area (Å²) in [6, 6.07) is 25.5. The second-order valence-corrected chi connectivity index (χ2v) is 7.78. The Balaban J connectivity index is 1.62. The molecule has 0 aromatic heterocycles. The number of carbonyl (C=O) groups excluding carboxylic acids is 1. The van der Waals surface area contributed by atoms with Gasteiger partial charge in [-0.3, -0.25) is 9.69 Å². The predicted molar refractivity (Wildman–Crippen MR) is 119 cm³/mol. The lowest BCUT2D eigenvalue weighted by molar-refractivity contribution is -0.121. The highest BCUT2D eigenvalue weighted by atomic mass is 35.5. The monoisotopic (exact) mass is 404 g/mol. The molecule has 4 rings (SSSR count). The predicted octanol–water partition coefficient (Wildman–Crippen LogP) is 6.24. The van der Waals surface area contributed by atoms with Gasteiger partial charge in [0.1, 0.15) is 0 Å². The lowest BCUT2D eigenvalue weighted by Gasteiger charge is -2.06. The van der Waals surface area contributed by atoms with Crippen molar-refractivity contribution in [2.45, 2.75) is 0 Å². The van der Waals surface area contributed by atoms with Crippen molar-refractivity contribution in [3.05, 3.63) is 94.4 Å². The van der Waals surface area contributed by atoms with E-state index < -0.39 is 0 Å². The number of hydrogen-bond donors (Lipinski definition) is 0. The third-order valence-electron chi connectivity index (χ3n) is 4.35. The molecule has 1 saturated heterocycles. The molecule has 0 bridgehead atoms. The smallest absolute Gasteiger partial charge is 0.266 e. The zero-order chi connectivity index (χ0) is 19.5. The number of rotatable bonds is 3. The van der Waals surface area contributed by atoms with Crippen LogP contribution in [0.2, 0.25) is 5.02 Å². The fraction of sp³-hybridized carbons (Fsp3) is 0.0435. The summed E-state index contributed by atoms with van der Waals surface area (Å²) in [5.41, 5.74) is 3.96. The first-order valence-electron chi connectivity index (χ1n) is 8.77. The van der Waals surface area contributed by atoms with Gasteiger partial charge in [-0.2, -0.15) is 0 Å². The van der Waals surface area contributed by atoms with E-state index in [1.54, 1.807) is 11.9 Å². The van der Waals surface area contributed by atoms with Crippen LogP contribution in [0, 0.1) is 0 Å². The standard InChI is InChI=1S/C23H17ClN2OS/c1-26-22(27)21(28-23(26)25-20-8-3-2-4-9-20)15-16-6-5-7-18(14-16)17-10-12-19(24)13-11-17/h2-15H,1H3. The highest BCUT2D eigenvalue weighted by Crippen LogP contribution is 2.33. The maximum Gasteiger partial charge on any atom is 0.266 e. The van der Waals surface area contributed by atoms with Gasteiger partial charge in [0.2, 0.25) is 0 Å². The molecule has 1 fully saturated rings. The summed E-state index contributed by atoms with van der Waals surface area (Å²) in [7, 11) is 1.75. The molecule has 3 aromatic rings. The van der Waals surface area contributed by atoms with Gasteiger partial charge in [-0.05, 0) is 64.9 Å². The number of thioether (sulfide) groups is 1. The molecule has 0 N–H and O–H groups in total. The lowest BCUT2D eigenvalue weighted by atomic mass is 10.0. The lowest BCUT2D eigenvalue weighted by Crippen LogP contribution is -2.23. The number of aliphatic imine (C=N–C) groups is 1. The van der Waals surface area contributed by atoms with E-state index in [1.165, 1.54) is 11.8 Å². The van der Waals surface area contributed by atoms with E-state index in [9.17, 15) is 4.79 Å². The minimum Gasteiger partial charge on any atom is -0.290 e. The fourth-order valence-corrected chi connectivity index (χ4v) is 3.98. The van der Waals surface area contributed by atoms with Crippen LogP contribution in [-0.4, -0.2) is 23.0 Å². The fourth-order valence-electron chi connectivity index (χ4n) is 2.87. The Hall–Kier alpha value is -2.82. The van der Waals surface area contributed by atoms with E-state index in [0.717, 1.165) is 22.4 Å². The summed E-state index contributed by atoms with van der Waals surface area (Å²) >= 11 is 7.37. The minimum absolute atomic E-state index is 0.0448. The quantitative estimate of drug-likeness (QED) is 0.484. The van der Waals surface area contributed by atoms with E-state index in [4.69, 9.17) is 11.6 Å². The van der Waals surface area contributed by atoms with Crippen LogP contribution < -0.4 is 0 Å². The molecule has 1 aliphatic rings. The summed E-state index contributed by atoms with van der Waals surface area (Å²) in [5, 5.41) is 1.39. The number of likely N-dealkylation sites (N-methyl/N-ethyl adjacent to an activating group) is 1. The average Bonchev–Trinajstić information content (AvgIpc) is 2.97. The molecule has 138 valence electrons. The molecule has 0 unspecified atom stereocenters.